The van der Waals surface area contributed by atoms with Crippen molar-refractivity contribution in [2.24, 2.45) is 5.10 Å². The van der Waals surface area contributed by atoms with Crippen LogP contribution in [0.3, 0.4) is 0 Å². The van der Waals surface area contributed by atoms with Crippen molar-refractivity contribution in [3.8, 4) is 11.5 Å². The molecule has 1 aromatic carbocycles. The summed E-state index contributed by atoms with van der Waals surface area (Å²) in [5.74, 6) is 1.20. The summed E-state index contributed by atoms with van der Waals surface area (Å²) in [6.07, 6.45) is 2.37. The number of carbonyl (C=O) groups excluding carboxylic acids is 1. The van der Waals surface area contributed by atoms with E-state index >= 15 is 0 Å². The molecule has 0 fully saturated rings. The van der Waals surface area contributed by atoms with Crippen LogP contribution in [-0.2, 0) is 11.2 Å². The Bertz CT molecular complexity index is 559. The average molecular weight is 281 g/mol. The zero-order valence-corrected chi connectivity index (χ0v) is 11.2. The van der Waals surface area contributed by atoms with Gasteiger partial charge < -0.3 is 9.47 Å². The van der Waals surface area contributed by atoms with Gasteiger partial charge in [-0.3, -0.25) is 4.79 Å². The van der Waals surface area contributed by atoms with Crippen LogP contribution >= 0.6 is 11.6 Å². The second-order valence-electron chi connectivity index (χ2n) is 4.57. The third-order valence-electron chi connectivity index (χ3n) is 3.26. The van der Waals surface area contributed by atoms with Gasteiger partial charge in [0.1, 0.15) is 5.88 Å². The number of benzene rings is 1. The van der Waals surface area contributed by atoms with Crippen LogP contribution in [0, 0.1) is 0 Å². The summed E-state index contributed by atoms with van der Waals surface area (Å²) in [7, 11) is 0. The number of ether oxygens (including phenoxy) is 2. The van der Waals surface area contributed by atoms with Crippen LogP contribution < -0.4 is 9.47 Å². The molecule has 0 saturated carbocycles. The second kappa shape index (κ2) is 4.74. The van der Waals surface area contributed by atoms with Gasteiger partial charge in [-0.1, -0.05) is 0 Å². The van der Waals surface area contributed by atoms with Gasteiger partial charge in [-0.2, -0.15) is 5.10 Å². The molecule has 0 N–H and O–H groups in total. The highest BCUT2D eigenvalue weighted by Gasteiger charge is 2.24. The third-order valence-corrected chi connectivity index (χ3v) is 3.49. The maximum absolute atomic E-state index is 11.7. The summed E-state index contributed by atoms with van der Waals surface area (Å²) in [6.45, 7) is 2.20. The first-order chi connectivity index (χ1) is 9.19. The molecule has 100 valence electrons. The van der Waals surface area contributed by atoms with Crippen molar-refractivity contribution < 1.29 is 14.3 Å². The Balaban J connectivity index is 1.97. The topological polar surface area (TPSA) is 51.1 Å². The summed E-state index contributed by atoms with van der Waals surface area (Å²) in [6, 6.07) is 3.81. The number of fused-ring (bicyclic) bond motifs is 2. The Labute approximate surface area is 115 Å². The first-order valence-electron chi connectivity index (χ1n) is 6.03. The molecule has 6 heteroatoms. The smallest absolute Gasteiger partial charge is 0.257 e. The van der Waals surface area contributed by atoms with Gasteiger partial charge in [0.15, 0.2) is 11.5 Å². The maximum atomic E-state index is 11.7. The van der Waals surface area contributed by atoms with Gasteiger partial charge in [0, 0.05) is 5.56 Å². The molecule has 2 aliphatic rings. The molecule has 5 nitrogen and oxygen atoms in total. The Morgan fingerprint density at radius 2 is 2.21 bits per heavy atom. The molecule has 3 rings (SSSR count). The van der Waals surface area contributed by atoms with Crippen LogP contribution in [0.5, 0.6) is 11.5 Å². The van der Waals surface area contributed by atoms with Gasteiger partial charge in [-0.25, -0.2) is 5.01 Å². The fourth-order valence-corrected chi connectivity index (χ4v) is 2.43. The molecule has 1 atom stereocenters. The first-order valence-corrected chi connectivity index (χ1v) is 6.57. The number of amides is 1. The number of halogens is 1. The SMILES string of the molecule is CC1Cc2cc3c(cc2C=NN1C(=O)CCl)OCO3. The maximum Gasteiger partial charge on any atom is 0.257 e. The molecule has 1 amide bonds. The minimum atomic E-state index is -0.196. The summed E-state index contributed by atoms with van der Waals surface area (Å²) in [4.78, 5) is 11.7. The number of hydrazone groups is 1. The van der Waals surface area contributed by atoms with Crippen LogP contribution in [0.25, 0.3) is 0 Å². The van der Waals surface area contributed by atoms with Crippen molar-refractivity contribution in [2.75, 3.05) is 12.7 Å². The van der Waals surface area contributed by atoms with Gasteiger partial charge in [0.05, 0.1) is 12.3 Å². The monoisotopic (exact) mass is 280 g/mol. The fraction of sp³-hybridized carbons (Fsp3) is 0.385. The van der Waals surface area contributed by atoms with E-state index in [2.05, 4.69) is 5.10 Å². The number of alkyl halides is 1. The summed E-state index contributed by atoms with van der Waals surface area (Å²) in [5, 5.41) is 5.65. The van der Waals surface area contributed by atoms with Crippen molar-refractivity contribution in [2.45, 2.75) is 19.4 Å². The van der Waals surface area contributed by atoms with Gasteiger partial charge >= 0.3 is 0 Å². The standard InChI is InChI=1S/C13H13ClN2O3/c1-8-2-9-3-11-12(19-7-18-11)4-10(9)6-15-16(8)13(17)5-14/h3-4,6,8H,2,5,7H2,1H3. The van der Waals surface area contributed by atoms with E-state index in [0.29, 0.717) is 6.42 Å². The Morgan fingerprint density at radius 1 is 1.47 bits per heavy atom. The van der Waals surface area contributed by atoms with E-state index < -0.39 is 0 Å². The van der Waals surface area contributed by atoms with E-state index in [1.54, 1.807) is 6.21 Å². The van der Waals surface area contributed by atoms with Crippen LogP contribution in [0.15, 0.2) is 17.2 Å². The Kier molecular flexibility index (Phi) is 3.06. The highest BCUT2D eigenvalue weighted by atomic mass is 35.5. The first kappa shape index (κ1) is 12.3. The summed E-state index contributed by atoms with van der Waals surface area (Å²) >= 11 is 5.59. The van der Waals surface area contributed by atoms with Crippen LogP contribution in [0.4, 0.5) is 0 Å². The minimum absolute atomic E-state index is 0.0379. The lowest BCUT2D eigenvalue weighted by molar-refractivity contribution is -0.130. The number of nitrogens with zero attached hydrogens (tertiary/aromatic N) is 2. The lowest BCUT2D eigenvalue weighted by Crippen LogP contribution is -2.35. The predicted octanol–water partition coefficient (Wildman–Crippen LogP) is 1.76. The Hall–Kier alpha value is -1.75. The largest absolute Gasteiger partial charge is 0.454 e. The molecule has 0 aliphatic carbocycles. The van der Waals surface area contributed by atoms with Gasteiger partial charge in [-0.05, 0) is 31.0 Å². The predicted molar refractivity (Wildman–Crippen MR) is 70.9 cm³/mol. The second-order valence-corrected chi connectivity index (χ2v) is 4.84. The molecule has 19 heavy (non-hydrogen) atoms. The van der Waals surface area contributed by atoms with Crippen molar-refractivity contribution in [1.29, 1.82) is 0 Å². The van der Waals surface area contributed by atoms with Crippen LogP contribution in [-0.4, -0.2) is 35.8 Å². The number of hydrogen-bond donors (Lipinski definition) is 0. The molecular formula is C13H13ClN2O3. The molecule has 2 heterocycles. The third kappa shape index (κ3) is 2.14. The quantitative estimate of drug-likeness (QED) is 0.737. The van der Waals surface area contributed by atoms with Crippen molar-refractivity contribution >= 4 is 23.7 Å². The number of carbonyl (C=O) groups is 1. The Morgan fingerprint density at radius 3 is 2.95 bits per heavy atom. The van der Waals surface area contributed by atoms with Gasteiger partial charge in [0.25, 0.3) is 5.91 Å². The average Bonchev–Trinajstić information content (AvgIpc) is 2.78. The summed E-state index contributed by atoms with van der Waals surface area (Å²) in [5.41, 5.74) is 2.03. The van der Waals surface area contributed by atoms with E-state index in [0.717, 1.165) is 22.6 Å². The van der Waals surface area contributed by atoms with Crippen LogP contribution in [0.1, 0.15) is 18.1 Å². The number of rotatable bonds is 1. The van der Waals surface area contributed by atoms with E-state index in [9.17, 15) is 4.79 Å². The van der Waals surface area contributed by atoms with E-state index in [-0.39, 0.29) is 24.6 Å². The number of hydrogen-bond acceptors (Lipinski definition) is 4. The molecule has 1 unspecified atom stereocenters. The van der Waals surface area contributed by atoms with Crippen molar-refractivity contribution in [1.82, 2.24) is 5.01 Å². The molecular weight excluding hydrogens is 268 g/mol. The molecule has 2 aliphatic heterocycles. The molecule has 1 aromatic rings. The van der Waals surface area contributed by atoms with E-state index in [1.165, 1.54) is 5.01 Å². The zero-order valence-electron chi connectivity index (χ0n) is 10.4. The van der Waals surface area contributed by atoms with Gasteiger partial charge in [-0.15, -0.1) is 11.6 Å². The zero-order chi connectivity index (χ0) is 13.4. The molecule has 0 radical (unpaired) electrons. The molecule has 0 spiro atoms. The molecule has 0 aromatic heterocycles. The highest BCUT2D eigenvalue weighted by Crippen LogP contribution is 2.35. The lowest BCUT2D eigenvalue weighted by Gasteiger charge is -2.21. The van der Waals surface area contributed by atoms with E-state index in [1.807, 2.05) is 19.1 Å². The summed E-state index contributed by atoms with van der Waals surface area (Å²) < 4.78 is 10.7. The lowest BCUT2D eigenvalue weighted by atomic mass is 10.0. The minimum Gasteiger partial charge on any atom is -0.454 e. The van der Waals surface area contributed by atoms with Crippen LogP contribution in [0.2, 0.25) is 0 Å². The highest BCUT2D eigenvalue weighted by molar-refractivity contribution is 6.27. The van der Waals surface area contributed by atoms with E-state index in [4.69, 9.17) is 21.1 Å². The van der Waals surface area contributed by atoms with Crippen molar-refractivity contribution in [3.05, 3.63) is 23.3 Å². The molecule has 0 bridgehead atoms. The van der Waals surface area contributed by atoms with Gasteiger partial charge in [0.2, 0.25) is 6.79 Å². The normalized spacial score (nSPS) is 20.1. The fourth-order valence-electron chi connectivity index (χ4n) is 2.31. The molecule has 0 saturated heterocycles. The van der Waals surface area contributed by atoms with Crippen molar-refractivity contribution in [3.63, 3.8) is 0 Å².